The van der Waals surface area contributed by atoms with E-state index in [9.17, 15) is 14.4 Å². The van der Waals surface area contributed by atoms with E-state index in [0.717, 1.165) is 47.2 Å². The second-order valence-electron chi connectivity index (χ2n) is 11.5. The van der Waals surface area contributed by atoms with Gasteiger partial charge in [-0.25, -0.2) is 0 Å². The zero-order valence-electron chi connectivity index (χ0n) is 26.0. The molecule has 0 spiro atoms. The monoisotopic (exact) mass is 610 g/mol. The molecule has 1 aromatic heterocycles. The van der Waals surface area contributed by atoms with Crippen LogP contribution in [0, 0.1) is 0 Å². The van der Waals surface area contributed by atoms with Crippen LogP contribution in [-0.2, 0) is 22.4 Å². The van der Waals surface area contributed by atoms with Crippen molar-refractivity contribution >= 4 is 28.4 Å². The molecule has 2 atom stereocenters. The molecule has 45 heavy (non-hydrogen) atoms. The fourth-order valence-electron chi connectivity index (χ4n) is 6.83. The van der Waals surface area contributed by atoms with E-state index < -0.39 is 6.04 Å². The van der Waals surface area contributed by atoms with E-state index in [2.05, 4.69) is 33.1 Å². The molecular formula is C35H38N4O6. The Bertz CT molecular complexity index is 1850. The van der Waals surface area contributed by atoms with Crippen molar-refractivity contribution in [2.45, 2.75) is 51.1 Å². The van der Waals surface area contributed by atoms with Crippen LogP contribution < -0.4 is 35.6 Å². The Labute approximate surface area is 261 Å². The molecule has 6 rings (SSSR count). The SMILES string of the molecule is COc1cc2c(c(OC)c1OC)-c1ccc(NCC(=O)N[C@H]3CCCc4c3[nH]c3ccccc43)c(=O)cc1[C@@H](NC(C)=O)CC2. The van der Waals surface area contributed by atoms with Crippen molar-refractivity contribution in [3.63, 3.8) is 0 Å². The highest BCUT2D eigenvalue weighted by molar-refractivity contribution is 5.87. The summed E-state index contributed by atoms with van der Waals surface area (Å²) in [5, 5.41) is 10.4. The van der Waals surface area contributed by atoms with Crippen molar-refractivity contribution in [3.05, 3.63) is 81.1 Å². The third-order valence-corrected chi connectivity index (χ3v) is 8.81. The predicted molar refractivity (Wildman–Crippen MR) is 173 cm³/mol. The first-order valence-electron chi connectivity index (χ1n) is 15.2. The smallest absolute Gasteiger partial charge is 0.239 e. The van der Waals surface area contributed by atoms with Gasteiger partial charge in [0, 0.05) is 29.1 Å². The number of ether oxygens (including phenoxy) is 3. The van der Waals surface area contributed by atoms with Gasteiger partial charge in [-0.05, 0) is 78.6 Å². The third-order valence-electron chi connectivity index (χ3n) is 8.81. The van der Waals surface area contributed by atoms with Gasteiger partial charge in [-0.2, -0.15) is 0 Å². The van der Waals surface area contributed by atoms with E-state index in [1.807, 2.05) is 24.3 Å². The van der Waals surface area contributed by atoms with E-state index >= 15 is 0 Å². The Morgan fingerprint density at radius 3 is 2.47 bits per heavy atom. The Kier molecular flexibility index (Phi) is 8.38. The summed E-state index contributed by atoms with van der Waals surface area (Å²) in [4.78, 5) is 42.5. The van der Waals surface area contributed by atoms with Crippen LogP contribution in [-0.4, -0.2) is 44.7 Å². The first kappa shape index (κ1) is 30.1. The molecular weight excluding hydrogens is 572 g/mol. The Morgan fingerprint density at radius 2 is 1.71 bits per heavy atom. The minimum Gasteiger partial charge on any atom is -0.493 e. The average molecular weight is 611 g/mol. The molecule has 234 valence electrons. The van der Waals surface area contributed by atoms with Crippen LogP contribution in [0.15, 0.2) is 53.3 Å². The normalized spacial score (nSPS) is 16.8. The average Bonchev–Trinajstić information content (AvgIpc) is 3.26. The minimum atomic E-state index is -0.417. The molecule has 1 heterocycles. The summed E-state index contributed by atoms with van der Waals surface area (Å²) in [6, 6.07) is 14.6. The lowest BCUT2D eigenvalue weighted by Crippen LogP contribution is -2.35. The number of aromatic nitrogens is 1. The maximum absolute atomic E-state index is 13.6. The molecule has 4 N–H and O–H groups in total. The largest absolute Gasteiger partial charge is 0.493 e. The maximum atomic E-state index is 13.6. The van der Waals surface area contributed by atoms with E-state index in [0.29, 0.717) is 35.7 Å². The number of amides is 2. The van der Waals surface area contributed by atoms with E-state index in [1.54, 1.807) is 33.5 Å². The quantitative estimate of drug-likeness (QED) is 0.222. The number of methoxy groups -OCH3 is 3. The lowest BCUT2D eigenvalue weighted by Gasteiger charge is -2.24. The van der Waals surface area contributed by atoms with Crippen molar-refractivity contribution in [2.75, 3.05) is 33.2 Å². The minimum absolute atomic E-state index is 0.0734. The van der Waals surface area contributed by atoms with Gasteiger partial charge >= 0.3 is 0 Å². The molecule has 0 saturated carbocycles. The zero-order chi connectivity index (χ0) is 31.7. The standard InChI is InChI=1S/C35H38N4O6/c1-19(40)37-26-14-12-20-16-30(43-2)34(44-3)35(45-4)32(20)22-13-15-27(29(41)17-24(22)26)36-18-31(42)38-28-11-7-9-23-21-8-5-6-10-25(21)39-33(23)28/h5-6,8,10,13,15-17,26,28,39H,7,9,11-12,14,18H2,1-4H3,(H,36,41)(H,37,40)(H,38,42)/t26-,28-/m0/s1. The number of benzene rings is 2. The second kappa shape index (κ2) is 12.6. The van der Waals surface area contributed by atoms with Crippen molar-refractivity contribution in [1.82, 2.24) is 15.6 Å². The van der Waals surface area contributed by atoms with Crippen LogP contribution in [0.4, 0.5) is 5.69 Å². The van der Waals surface area contributed by atoms with Crippen molar-refractivity contribution in [2.24, 2.45) is 0 Å². The highest BCUT2D eigenvalue weighted by Crippen LogP contribution is 2.50. The van der Waals surface area contributed by atoms with Gasteiger partial charge in [0.15, 0.2) is 11.5 Å². The van der Waals surface area contributed by atoms with Crippen LogP contribution >= 0.6 is 0 Å². The van der Waals surface area contributed by atoms with E-state index in [1.165, 1.54) is 17.9 Å². The topological polar surface area (TPSA) is 131 Å². The van der Waals surface area contributed by atoms with Gasteiger partial charge in [-0.3, -0.25) is 14.4 Å². The summed E-state index contributed by atoms with van der Waals surface area (Å²) < 4.78 is 17.1. The summed E-state index contributed by atoms with van der Waals surface area (Å²) in [5.74, 6) is 1.04. The first-order valence-corrected chi connectivity index (χ1v) is 15.2. The summed E-state index contributed by atoms with van der Waals surface area (Å²) >= 11 is 0. The molecule has 0 bridgehead atoms. The molecule has 0 radical (unpaired) electrons. The third kappa shape index (κ3) is 5.68. The van der Waals surface area contributed by atoms with Crippen LogP contribution in [0.3, 0.4) is 0 Å². The van der Waals surface area contributed by atoms with Crippen LogP contribution in [0.1, 0.15) is 60.7 Å². The van der Waals surface area contributed by atoms with Crippen LogP contribution in [0.25, 0.3) is 22.0 Å². The number of hydrogen-bond acceptors (Lipinski definition) is 7. The van der Waals surface area contributed by atoms with E-state index in [4.69, 9.17) is 14.2 Å². The number of H-pyrrole nitrogens is 1. The number of hydrogen-bond donors (Lipinski definition) is 4. The van der Waals surface area contributed by atoms with Gasteiger partial charge in [0.1, 0.15) is 0 Å². The Morgan fingerprint density at radius 1 is 0.911 bits per heavy atom. The molecule has 10 nitrogen and oxygen atoms in total. The molecule has 0 aliphatic heterocycles. The fourth-order valence-corrected chi connectivity index (χ4v) is 6.83. The van der Waals surface area contributed by atoms with Crippen molar-refractivity contribution in [1.29, 1.82) is 0 Å². The number of fused-ring (bicyclic) bond motifs is 6. The van der Waals surface area contributed by atoms with Crippen LogP contribution in [0.5, 0.6) is 17.2 Å². The number of carbonyl (C=O) groups is 2. The van der Waals surface area contributed by atoms with Gasteiger partial charge in [-0.15, -0.1) is 0 Å². The van der Waals surface area contributed by atoms with Crippen LogP contribution in [0.2, 0.25) is 0 Å². The summed E-state index contributed by atoms with van der Waals surface area (Å²) in [5.41, 5.74) is 6.45. The second-order valence-corrected chi connectivity index (χ2v) is 11.5. The molecule has 4 aromatic rings. The van der Waals surface area contributed by atoms with Gasteiger partial charge in [0.25, 0.3) is 0 Å². The molecule has 2 aliphatic rings. The molecule has 2 aliphatic carbocycles. The molecule has 2 amide bonds. The number of aromatic amines is 1. The number of carbonyl (C=O) groups excluding carboxylic acids is 2. The Balaban J connectivity index is 1.31. The number of anilines is 1. The summed E-state index contributed by atoms with van der Waals surface area (Å²) in [7, 11) is 4.68. The molecule has 0 unspecified atom stereocenters. The van der Waals surface area contributed by atoms with Gasteiger partial charge < -0.3 is 35.1 Å². The number of para-hydroxylation sites is 1. The number of aryl methyl sites for hydroxylation is 2. The van der Waals surface area contributed by atoms with Gasteiger partial charge in [0.2, 0.25) is 23.0 Å². The van der Waals surface area contributed by atoms with Gasteiger partial charge in [-0.1, -0.05) is 24.3 Å². The van der Waals surface area contributed by atoms with Crippen molar-refractivity contribution < 1.29 is 23.8 Å². The summed E-state index contributed by atoms with van der Waals surface area (Å²) in [6.45, 7) is 1.39. The first-order chi connectivity index (χ1) is 21.8. The maximum Gasteiger partial charge on any atom is 0.239 e. The van der Waals surface area contributed by atoms with Crippen molar-refractivity contribution in [3.8, 4) is 28.4 Å². The molecule has 0 fully saturated rings. The summed E-state index contributed by atoms with van der Waals surface area (Å²) in [6.07, 6.45) is 3.96. The highest BCUT2D eigenvalue weighted by atomic mass is 16.5. The zero-order valence-corrected chi connectivity index (χ0v) is 26.0. The number of rotatable bonds is 8. The molecule has 0 saturated heterocycles. The Hall–Kier alpha value is -4.99. The molecule has 3 aromatic carbocycles. The van der Waals surface area contributed by atoms with Gasteiger partial charge in [0.05, 0.1) is 45.6 Å². The van der Waals surface area contributed by atoms with E-state index in [-0.39, 0.29) is 35.5 Å². The molecule has 10 heteroatoms. The lowest BCUT2D eigenvalue weighted by atomic mass is 9.91. The lowest BCUT2D eigenvalue weighted by molar-refractivity contribution is -0.120. The predicted octanol–water partition coefficient (Wildman–Crippen LogP) is 4.95. The highest BCUT2D eigenvalue weighted by Gasteiger charge is 2.30. The number of nitrogens with one attached hydrogen (secondary N) is 4. The fraction of sp³-hybridized carbons (Fsp3) is 0.343.